The molecule has 0 aliphatic carbocycles. The van der Waals surface area contributed by atoms with Gasteiger partial charge in [0.2, 0.25) is 0 Å². The number of amides is 1. The summed E-state index contributed by atoms with van der Waals surface area (Å²) in [6.45, 7) is 2.33. The van der Waals surface area contributed by atoms with E-state index < -0.39 is 5.91 Å². The van der Waals surface area contributed by atoms with Crippen LogP contribution < -0.4 is 15.8 Å². The molecule has 0 bridgehead atoms. The fraction of sp³-hybridized carbons (Fsp3) is 0.368. The minimum atomic E-state index is -0.405. The van der Waals surface area contributed by atoms with Crippen LogP contribution in [0.25, 0.3) is 11.0 Å². The zero-order valence-electron chi connectivity index (χ0n) is 14.7. The lowest BCUT2D eigenvalue weighted by Crippen LogP contribution is -2.30. The average molecular weight is 354 g/mol. The van der Waals surface area contributed by atoms with Crippen LogP contribution in [-0.4, -0.2) is 29.3 Å². The van der Waals surface area contributed by atoms with E-state index in [2.05, 4.69) is 10.4 Å². The van der Waals surface area contributed by atoms with Crippen LogP contribution >= 0.6 is 0 Å². The number of primary amides is 1. The number of aryl methyl sites for hydroxylation is 1. The van der Waals surface area contributed by atoms with E-state index in [-0.39, 0.29) is 0 Å². The normalized spacial score (nSPS) is 16.6. The molecule has 0 fully saturated rings. The average Bonchev–Trinajstić information content (AvgIpc) is 3.24. The number of nitrogens with one attached hydrogen (secondary N) is 1. The van der Waals surface area contributed by atoms with Crippen LogP contribution in [-0.2, 0) is 19.5 Å². The fourth-order valence-electron chi connectivity index (χ4n) is 3.57. The Kier molecular flexibility index (Phi) is 4.38. The van der Waals surface area contributed by atoms with Crippen LogP contribution in [0.2, 0.25) is 0 Å². The summed E-state index contributed by atoms with van der Waals surface area (Å²) in [5, 5.41) is 8.75. The number of carbonyl (C=O) groups is 1. The summed E-state index contributed by atoms with van der Waals surface area (Å²) >= 11 is 0. The molecule has 1 aliphatic rings. The zero-order chi connectivity index (χ0) is 18.1. The van der Waals surface area contributed by atoms with Gasteiger partial charge in [-0.05, 0) is 49.6 Å². The molecule has 7 nitrogen and oxygen atoms in total. The molecule has 0 spiro atoms. The van der Waals surface area contributed by atoms with E-state index in [1.54, 1.807) is 13.3 Å². The number of aromatic nitrogens is 2. The maximum absolute atomic E-state index is 11.5. The van der Waals surface area contributed by atoms with Gasteiger partial charge < -0.3 is 20.2 Å². The van der Waals surface area contributed by atoms with Crippen molar-refractivity contribution in [2.75, 3.05) is 13.7 Å². The lowest BCUT2D eigenvalue weighted by Gasteiger charge is -2.24. The Hall–Kier alpha value is -2.80. The second-order valence-electron chi connectivity index (χ2n) is 6.70. The summed E-state index contributed by atoms with van der Waals surface area (Å²) in [5.41, 5.74) is 7.78. The monoisotopic (exact) mass is 354 g/mol. The highest BCUT2D eigenvalue weighted by molar-refractivity contribution is 5.93. The SMILES string of the molecule is COc1ccc2oc(CNC[C@@H]3CCn4ncc(C(N)=O)c4C3)cc2c1. The molecule has 3 aromatic rings. The molecule has 1 amide bonds. The molecule has 3 N–H and O–H groups in total. The van der Waals surface area contributed by atoms with E-state index >= 15 is 0 Å². The van der Waals surface area contributed by atoms with Gasteiger partial charge in [0.05, 0.1) is 31.1 Å². The molecule has 3 heterocycles. The van der Waals surface area contributed by atoms with Crippen molar-refractivity contribution < 1.29 is 13.9 Å². The molecule has 2 aromatic heterocycles. The first-order valence-corrected chi connectivity index (χ1v) is 8.75. The Morgan fingerprint density at radius 3 is 3.15 bits per heavy atom. The number of methoxy groups -OCH3 is 1. The first-order valence-electron chi connectivity index (χ1n) is 8.75. The lowest BCUT2D eigenvalue weighted by atomic mass is 9.94. The van der Waals surface area contributed by atoms with Gasteiger partial charge in [-0.2, -0.15) is 5.10 Å². The molecule has 1 aliphatic heterocycles. The van der Waals surface area contributed by atoms with Crippen LogP contribution in [0.15, 0.2) is 34.9 Å². The van der Waals surface area contributed by atoms with Gasteiger partial charge in [0.25, 0.3) is 5.91 Å². The number of nitrogens with zero attached hydrogens (tertiary/aromatic N) is 2. The fourth-order valence-corrected chi connectivity index (χ4v) is 3.57. The molecule has 0 radical (unpaired) electrons. The molecule has 1 aromatic carbocycles. The third kappa shape index (κ3) is 3.17. The first-order chi connectivity index (χ1) is 12.6. The number of rotatable bonds is 6. The third-order valence-electron chi connectivity index (χ3n) is 4.95. The molecular formula is C19H22N4O3. The number of fused-ring (bicyclic) bond motifs is 2. The Labute approximate surface area is 151 Å². The van der Waals surface area contributed by atoms with E-state index in [0.29, 0.717) is 18.0 Å². The first kappa shape index (κ1) is 16.7. The highest BCUT2D eigenvalue weighted by Gasteiger charge is 2.24. The van der Waals surface area contributed by atoms with E-state index in [0.717, 1.165) is 54.1 Å². The molecule has 1 atom stereocenters. The van der Waals surface area contributed by atoms with Crippen LogP contribution in [0.3, 0.4) is 0 Å². The largest absolute Gasteiger partial charge is 0.497 e. The number of hydrogen-bond acceptors (Lipinski definition) is 5. The number of carbonyl (C=O) groups excluding carboxylic acids is 1. The zero-order valence-corrected chi connectivity index (χ0v) is 14.7. The summed E-state index contributed by atoms with van der Waals surface area (Å²) in [7, 11) is 1.66. The molecular weight excluding hydrogens is 332 g/mol. The number of furan rings is 1. The van der Waals surface area contributed by atoms with Crippen molar-refractivity contribution in [1.29, 1.82) is 0 Å². The van der Waals surface area contributed by atoms with Crippen molar-refractivity contribution in [3.8, 4) is 5.75 Å². The van der Waals surface area contributed by atoms with Crippen molar-refractivity contribution in [2.45, 2.75) is 25.9 Å². The van der Waals surface area contributed by atoms with Gasteiger partial charge in [-0.3, -0.25) is 9.48 Å². The van der Waals surface area contributed by atoms with Crippen LogP contribution in [0.5, 0.6) is 5.75 Å². The Morgan fingerprint density at radius 1 is 1.46 bits per heavy atom. The predicted octanol–water partition coefficient (Wildman–Crippen LogP) is 2.09. The number of nitrogens with two attached hydrogens (primary N) is 1. The van der Waals surface area contributed by atoms with E-state index in [9.17, 15) is 4.79 Å². The van der Waals surface area contributed by atoms with Gasteiger partial charge in [-0.25, -0.2) is 0 Å². The van der Waals surface area contributed by atoms with Crippen LogP contribution in [0, 0.1) is 5.92 Å². The smallest absolute Gasteiger partial charge is 0.252 e. The number of benzene rings is 1. The van der Waals surface area contributed by atoms with E-state index in [4.69, 9.17) is 14.9 Å². The molecule has 136 valence electrons. The van der Waals surface area contributed by atoms with Crippen molar-refractivity contribution in [2.24, 2.45) is 11.7 Å². The number of ether oxygens (including phenoxy) is 1. The Balaban J connectivity index is 1.36. The van der Waals surface area contributed by atoms with Crippen molar-refractivity contribution in [3.05, 3.63) is 47.5 Å². The van der Waals surface area contributed by atoms with Crippen molar-refractivity contribution in [3.63, 3.8) is 0 Å². The summed E-state index contributed by atoms with van der Waals surface area (Å²) in [5.74, 6) is 1.76. The van der Waals surface area contributed by atoms with Gasteiger partial charge in [0.15, 0.2) is 0 Å². The summed E-state index contributed by atoms with van der Waals surface area (Å²) in [4.78, 5) is 11.5. The molecule has 4 rings (SSSR count). The minimum Gasteiger partial charge on any atom is -0.497 e. The molecule has 0 saturated heterocycles. The standard InChI is InChI=1S/C19H22N4O3/c1-25-14-2-3-18-13(7-14)8-15(26-18)10-21-9-12-4-5-23-17(6-12)16(11-22-23)19(20)24/h2-3,7-8,11-12,21H,4-6,9-10H2,1H3,(H2,20,24)/t12-/m1/s1. The lowest BCUT2D eigenvalue weighted by molar-refractivity contribution is 0.0998. The summed E-state index contributed by atoms with van der Waals surface area (Å²) < 4.78 is 13.0. The highest BCUT2D eigenvalue weighted by Crippen LogP contribution is 2.25. The topological polar surface area (TPSA) is 95.3 Å². The molecule has 0 saturated carbocycles. The van der Waals surface area contributed by atoms with Gasteiger partial charge in [0, 0.05) is 11.9 Å². The van der Waals surface area contributed by atoms with Gasteiger partial charge >= 0.3 is 0 Å². The Morgan fingerprint density at radius 2 is 2.35 bits per heavy atom. The predicted molar refractivity (Wildman–Crippen MR) is 97.0 cm³/mol. The Bertz CT molecular complexity index is 944. The van der Waals surface area contributed by atoms with Crippen molar-refractivity contribution >= 4 is 16.9 Å². The van der Waals surface area contributed by atoms with Crippen LogP contribution in [0.4, 0.5) is 0 Å². The quantitative estimate of drug-likeness (QED) is 0.707. The molecule has 26 heavy (non-hydrogen) atoms. The minimum absolute atomic E-state index is 0.405. The second-order valence-corrected chi connectivity index (χ2v) is 6.70. The molecule has 7 heteroatoms. The number of hydrogen-bond donors (Lipinski definition) is 2. The maximum Gasteiger partial charge on any atom is 0.252 e. The highest BCUT2D eigenvalue weighted by atomic mass is 16.5. The van der Waals surface area contributed by atoms with E-state index in [1.165, 1.54) is 0 Å². The van der Waals surface area contributed by atoms with Gasteiger partial charge in [-0.1, -0.05) is 0 Å². The maximum atomic E-state index is 11.5. The van der Waals surface area contributed by atoms with Crippen LogP contribution in [0.1, 0.15) is 28.2 Å². The van der Waals surface area contributed by atoms with Gasteiger partial charge in [-0.15, -0.1) is 0 Å². The summed E-state index contributed by atoms with van der Waals surface area (Å²) in [6.07, 6.45) is 3.41. The third-order valence-corrected chi connectivity index (χ3v) is 4.95. The van der Waals surface area contributed by atoms with E-state index in [1.807, 2.05) is 28.9 Å². The van der Waals surface area contributed by atoms with Crippen molar-refractivity contribution in [1.82, 2.24) is 15.1 Å². The van der Waals surface area contributed by atoms with Gasteiger partial charge in [0.1, 0.15) is 17.1 Å². The summed E-state index contributed by atoms with van der Waals surface area (Å²) in [6, 6.07) is 7.82. The molecule has 0 unspecified atom stereocenters. The second kappa shape index (κ2) is 6.84.